The largest absolute Gasteiger partial charge is 0.480 e. The third-order valence-corrected chi connectivity index (χ3v) is 2.57. The first-order valence-corrected chi connectivity index (χ1v) is 5.71. The van der Waals surface area contributed by atoms with Gasteiger partial charge in [0.1, 0.15) is 6.04 Å². The Hall–Kier alpha value is -0.660. The molecule has 7 heteroatoms. The summed E-state index contributed by atoms with van der Waals surface area (Å²) in [4.78, 5) is 10.5. The first kappa shape index (κ1) is 10.4. The summed E-state index contributed by atoms with van der Waals surface area (Å²) >= 11 is 0. The molecular weight excluding hydrogens is 196 g/mol. The molecule has 0 aromatic heterocycles. The number of carboxylic acids is 1. The number of rotatable bonds is 3. The lowest BCUT2D eigenvalue weighted by molar-refractivity contribution is -0.139. The highest BCUT2D eigenvalue weighted by Gasteiger charge is 2.30. The zero-order valence-corrected chi connectivity index (χ0v) is 7.97. The second kappa shape index (κ2) is 3.60. The molecule has 0 aromatic carbocycles. The van der Waals surface area contributed by atoms with Crippen LogP contribution in [0.2, 0.25) is 0 Å². The molecule has 1 saturated heterocycles. The molecule has 0 amide bonds. The SMILES string of the molecule is CS(=O)(=O)N[C@@H]1CN[C@H](C(=O)O)C1. The van der Waals surface area contributed by atoms with Gasteiger partial charge in [0.25, 0.3) is 0 Å². The van der Waals surface area contributed by atoms with E-state index in [1.165, 1.54) is 0 Å². The predicted molar refractivity (Wildman–Crippen MR) is 45.8 cm³/mol. The summed E-state index contributed by atoms with van der Waals surface area (Å²) in [5, 5.41) is 11.3. The van der Waals surface area contributed by atoms with Gasteiger partial charge in [-0.1, -0.05) is 0 Å². The first-order chi connectivity index (χ1) is 5.88. The minimum Gasteiger partial charge on any atom is -0.480 e. The lowest BCUT2D eigenvalue weighted by Crippen LogP contribution is -2.35. The van der Waals surface area contributed by atoms with Crippen molar-refractivity contribution in [2.24, 2.45) is 0 Å². The molecule has 3 N–H and O–H groups in total. The van der Waals surface area contributed by atoms with E-state index in [4.69, 9.17) is 5.11 Å². The molecule has 0 aliphatic carbocycles. The summed E-state index contributed by atoms with van der Waals surface area (Å²) in [5.41, 5.74) is 0. The van der Waals surface area contributed by atoms with Gasteiger partial charge in [-0.25, -0.2) is 13.1 Å². The van der Waals surface area contributed by atoms with Crippen LogP contribution in [0.1, 0.15) is 6.42 Å². The van der Waals surface area contributed by atoms with Gasteiger partial charge < -0.3 is 10.4 Å². The van der Waals surface area contributed by atoms with Crippen LogP contribution in [0.3, 0.4) is 0 Å². The lowest BCUT2D eigenvalue weighted by Gasteiger charge is -2.08. The van der Waals surface area contributed by atoms with Crippen molar-refractivity contribution in [1.82, 2.24) is 10.0 Å². The van der Waals surface area contributed by atoms with Crippen LogP contribution in [0, 0.1) is 0 Å². The lowest BCUT2D eigenvalue weighted by atomic mass is 10.2. The van der Waals surface area contributed by atoms with Crippen LogP contribution in [-0.2, 0) is 14.8 Å². The minimum atomic E-state index is -3.24. The van der Waals surface area contributed by atoms with Crippen molar-refractivity contribution in [3.63, 3.8) is 0 Å². The van der Waals surface area contributed by atoms with Gasteiger partial charge in [-0.3, -0.25) is 4.79 Å². The Morgan fingerprint density at radius 1 is 1.62 bits per heavy atom. The monoisotopic (exact) mass is 208 g/mol. The van der Waals surface area contributed by atoms with Gasteiger partial charge in [-0.15, -0.1) is 0 Å². The zero-order valence-electron chi connectivity index (χ0n) is 7.15. The number of carbonyl (C=O) groups is 1. The van der Waals surface area contributed by atoms with E-state index >= 15 is 0 Å². The molecule has 0 saturated carbocycles. The van der Waals surface area contributed by atoms with Gasteiger partial charge in [-0.05, 0) is 6.42 Å². The number of nitrogens with one attached hydrogen (secondary N) is 2. The number of carboxylic acid groups (broad SMARTS) is 1. The maximum Gasteiger partial charge on any atom is 0.320 e. The van der Waals surface area contributed by atoms with Crippen LogP contribution in [0.25, 0.3) is 0 Å². The second-order valence-electron chi connectivity index (χ2n) is 3.12. The number of hydrogen-bond donors (Lipinski definition) is 3. The van der Waals surface area contributed by atoms with Crippen molar-refractivity contribution in [1.29, 1.82) is 0 Å². The Morgan fingerprint density at radius 3 is 2.62 bits per heavy atom. The van der Waals surface area contributed by atoms with Crippen LogP contribution in [0.4, 0.5) is 0 Å². The molecule has 0 radical (unpaired) electrons. The first-order valence-electron chi connectivity index (χ1n) is 3.82. The smallest absolute Gasteiger partial charge is 0.320 e. The van der Waals surface area contributed by atoms with E-state index in [0.717, 1.165) is 6.26 Å². The second-order valence-corrected chi connectivity index (χ2v) is 4.90. The molecule has 1 rings (SSSR count). The third-order valence-electron chi connectivity index (χ3n) is 1.81. The molecule has 1 heterocycles. The van der Waals surface area contributed by atoms with Crippen LogP contribution >= 0.6 is 0 Å². The number of sulfonamides is 1. The van der Waals surface area contributed by atoms with Gasteiger partial charge in [0, 0.05) is 12.6 Å². The van der Waals surface area contributed by atoms with Gasteiger partial charge in [0.05, 0.1) is 6.26 Å². The number of hydrogen-bond acceptors (Lipinski definition) is 4. The van der Waals surface area contributed by atoms with Gasteiger partial charge in [0.15, 0.2) is 0 Å². The highest BCUT2D eigenvalue weighted by Crippen LogP contribution is 2.07. The summed E-state index contributed by atoms with van der Waals surface area (Å²) in [6.45, 7) is 0.365. The fraction of sp³-hybridized carbons (Fsp3) is 0.833. The zero-order chi connectivity index (χ0) is 10.1. The summed E-state index contributed by atoms with van der Waals surface area (Å²) in [7, 11) is -3.24. The fourth-order valence-corrected chi connectivity index (χ4v) is 2.10. The van der Waals surface area contributed by atoms with Crippen LogP contribution in [0.5, 0.6) is 0 Å². The summed E-state index contributed by atoms with van der Waals surface area (Å²) < 4.78 is 23.9. The molecule has 6 nitrogen and oxygen atoms in total. The summed E-state index contributed by atoms with van der Waals surface area (Å²) in [6, 6.07) is -0.949. The molecule has 13 heavy (non-hydrogen) atoms. The van der Waals surface area contributed by atoms with Crippen molar-refractivity contribution in [2.75, 3.05) is 12.8 Å². The Kier molecular flexibility index (Phi) is 2.89. The van der Waals surface area contributed by atoms with E-state index in [1.807, 2.05) is 0 Å². The predicted octanol–water partition coefficient (Wildman–Crippen LogP) is -1.65. The molecule has 1 aliphatic rings. The van der Waals surface area contributed by atoms with Gasteiger partial charge >= 0.3 is 5.97 Å². The molecule has 1 aliphatic heterocycles. The van der Waals surface area contributed by atoms with Crippen molar-refractivity contribution >= 4 is 16.0 Å². The molecular formula is C6H12N2O4S. The van der Waals surface area contributed by atoms with E-state index in [9.17, 15) is 13.2 Å². The molecule has 2 atom stereocenters. The maximum atomic E-state index is 10.8. The molecule has 0 unspecified atom stereocenters. The quantitative estimate of drug-likeness (QED) is 0.516. The Balaban J connectivity index is 2.47. The van der Waals surface area contributed by atoms with E-state index in [2.05, 4.69) is 10.0 Å². The Morgan fingerprint density at radius 2 is 2.23 bits per heavy atom. The standard InChI is InChI=1S/C6H12N2O4S/c1-13(11,12)8-4-2-5(6(9)10)7-3-4/h4-5,7-8H,2-3H2,1H3,(H,9,10)/t4-,5-/m0/s1. The van der Waals surface area contributed by atoms with E-state index in [0.29, 0.717) is 13.0 Å². The van der Waals surface area contributed by atoms with Gasteiger partial charge in [0.2, 0.25) is 10.0 Å². The average molecular weight is 208 g/mol. The minimum absolute atomic E-state index is 0.294. The number of aliphatic carboxylic acids is 1. The molecule has 1 fully saturated rings. The van der Waals surface area contributed by atoms with E-state index in [1.54, 1.807) is 0 Å². The highest BCUT2D eigenvalue weighted by molar-refractivity contribution is 7.88. The Bertz CT molecular complexity index is 300. The maximum absolute atomic E-state index is 10.8. The molecule has 76 valence electrons. The van der Waals surface area contributed by atoms with Crippen molar-refractivity contribution in [3.8, 4) is 0 Å². The normalized spacial score (nSPS) is 29.0. The summed E-state index contributed by atoms with van der Waals surface area (Å²) in [6.07, 6.45) is 1.35. The van der Waals surface area contributed by atoms with Crippen molar-refractivity contribution in [3.05, 3.63) is 0 Å². The third kappa shape index (κ3) is 3.29. The van der Waals surface area contributed by atoms with Crippen LogP contribution in [0.15, 0.2) is 0 Å². The highest BCUT2D eigenvalue weighted by atomic mass is 32.2. The molecule has 0 bridgehead atoms. The van der Waals surface area contributed by atoms with Crippen LogP contribution in [-0.4, -0.2) is 44.4 Å². The van der Waals surface area contributed by atoms with E-state index < -0.39 is 22.0 Å². The van der Waals surface area contributed by atoms with Gasteiger partial charge in [-0.2, -0.15) is 0 Å². The fourth-order valence-electron chi connectivity index (χ4n) is 1.32. The summed E-state index contributed by atoms with van der Waals surface area (Å²) in [5.74, 6) is -0.946. The van der Waals surface area contributed by atoms with Crippen LogP contribution < -0.4 is 10.0 Å². The molecule has 0 spiro atoms. The molecule has 0 aromatic rings. The Labute approximate surface area is 76.4 Å². The van der Waals surface area contributed by atoms with Crippen molar-refractivity contribution in [2.45, 2.75) is 18.5 Å². The van der Waals surface area contributed by atoms with E-state index in [-0.39, 0.29) is 6.04 Å². The van der Waals surface area contributed by atoms with Crippen molar-refractivity contribution < 1.29 is 18.3 Å². The topological polar surface area (TPSA) is 95.5 Å². The average Bonchev–Trinajstić information content (AvgIpc) is 2.31.